The molecule has 0 unspecified atom stereocenters. The van der Waals surface area contributed by atoms with Crippen LogP contribution in [0.5, 0.6) is 0 Å². The first-order valence-electron chi connectivity index (χ1n) is 7.73. The zero-order valence-electron chi connectivity index (χ0n) is 13.8. The highest BCUT2D eigenvalue weighted by Gasteiger charge is 2.39. The van der Waals surface area contributed by atoms with Crippen molar-refractivity contribution in [2.75, 3.05) is 20.3 Å². The molecule has 1 aromatic carbocycles. The standard InChI is InChI=1S/C18H15Cl2NO4S/c1-24-8-6-21-17(22)15(13-5-4-11(19)9-14(13)20)16(18(21)23)26-10-12-3-2-7-25-12/h2-5,7,9H,6,8,10H2,1H3. The molecule has 0 radical (unpaired) electrons. The van der Waals surface area contributed by atoms with Gasteiger partial charge in [0.05, 0.1) is 40.7 Å². The Kier molecular flexibility index (Phi) is 6.09. The Morgan fingerprint density at radius 2 is 2.00 bits per heavy atom. The molecule has 136 valence electrons. The first kappa shape index (κ1) is 19.0. The number of halogens is 2. The first-order chi connectivity index (χ1) is 12.5. The second kappa shape index (κ2) is 8.31. The van der Waals surface area contributed by atoms with Crippen LogP contribution in [0.3, 0.4) is 0 Å². The number of imide groups is 1. The zero-order valence-corrected chi connectivity index (χ0v) is 16.2. The van der Waals surface area contributed by atoms with Gasteiger partial charge in [0.15, 0.2) is 0 Å². The summed E-state index contributed by atoms with van der Waals surface area (Å²) in [5, 5.41) is 0.774. The average molecular weight is 412 g/mol. The summed E-state index contributed by atoms with van der Waals surface area (Å²) >= 11 is 13.5. The molecule has 3 rings (SSSR count). The van der Waals surface area contributed by atoms with E-state index in [0.29, 0.717) is 32.0 Å². The highest BCUT2D eigenvalue weighted by Crippen LogP contribution is 2.40. The molecule has 0 bridgehead atoms. The molecule has 1 aliphatic heterocycles. The number of rotatable bonds is 7. The van der Waals surface area contributed by atoms with Crippen LogP contribution in [-0.2, 0) is 20.1 Å². The number of nitrogens with zero attached hydrogens (tertiary/aromatic N) is 1. The molecule has 2 amide bonds. The van der Waals surface area contributed by atoms with Gasteiger partial charge >= 0.3 is 0 Å². The third-order valence-corrected chi connectivity index (χ3v) is 5.43. The molecule has 0 spiro atoms. The third kappa shape index (κ3) is 3.83. The molecule has 5 nitrogen and oxygen atoms in total. The van der Waals surface area contributed by atoms with Gasteiger partial charge in [-0.1, -0.05) is 29.3 Å². The number of ether oxygens (including phenoxy) is 1. The van der Waals surface area contributed by atoms with Crippen molar-refractivity contribution >= 4 is 52.4 Å². The summed E-state index contributed by atoms with van der Waals surface area (Å²) in [7, 11) is 1.52. The van der Waals surface area contributed by atoms with Crippen molar-refractivity contribution in [3.63, 3.8) is 0 Å². The van der Waals surface area contributed by atoms with E-state index in [4.69, 9.17) is 32.4 Å². The van der Waals surface area contributed by atoms with Gasteiger partial charge in [0, 0.05) is 17.7 Å². The number of hydrogen-bond donors (Lipinski definition) is 0. The second-order valence-corrected chi connectivity index (χ2v) is 7.28. The summed E-state index contributed by atoms with van der Waals surface area (Å²) in [5.74, 6) is 0.385. The van der Waals surface area contributed by atoms with Gasteiger partial charge in [-0.3, -0.25) is 14.5 Å². The molecular formula is C18H15Cl2NO4S. The second-order valence-electron chi connectivity index (χ2n) is 5.45. The fourth-order valence-corrected chi connectivity index (χ4v) is 4.07. The van der Waals surface area contributed by atoms with Crippen LogP contribution in [-0.4, -0.2) is 37.0 Å². The van der Waals surface area contributed by atoms with Crippen molar-refractivity contribution in [2.45, 2.75) is 5.75 Å². The van der Waals surface area contributed by atoms with Crippen LogP contribution in [0.25, 0.3) is 5.57 Å². The van der Waals surface area contributed by atoms with E-state index in [-0.39, 0.29) is 24.6 Å². The maximum Gasteiger partial charge on any atom is 0.268 e. The highest BCUT2D eigenvalue weighted by molar-refractivity contribution is 8.03. The van der Waals surface area contributed by atoms with Crippen molar-refractivity contribution in [3.8, 4) is 0 Å². The Balaban J connectivity index is 1.99. The van der Waals surface area contributed by atoms with Gasteiger partial charge in [-0.15, -0.1) is 11.8 Å². The number of benzene rings is 1. The molecule has 0 saturated heterocycles. The van der Waals surface area contributed by atoms with Crippen LogP contribution < -0.4 is 0 Å². The first-order valence-corrected chi connectivity index (χ1v) is 9.47. The normalized spacial score (nSPS) is 14.7. The zero-order chi connectivity index (χ0) is 18.7. The van der Waals surface area contributed by atoms with Gasteiger partial charge in [-0.25, -0.2) is 0 Å². The lowest BCUT2D eigenvalue weighted by atomic mass is 10.1. The fraction of sp³-hybridized carbons (Fsp3) is 0.222. The topological polar surface area (TPSA) is 59.8 Å². The van der Waals surface area contributed by atoms with Gasteiger partial charge in [0.2, 0.25) is 0 Å². The monoisotopic (exact) mass is 411 g/mol. The van der Waals surface area contributed by atoms with Crippen molar-refractivity contribution in [3.05, 3.63) is 62.9 Å². The lowest BCUT2D eigenvalue weighted by Crippen LogP contribution is -2.34. The lowest BCUT2D eigenvalue weighted by Gasteiger charge is -2.14. The van der Waals surface area contributed by atoms with Gasteiger partial charge < -0.3 is 9.15 Å². The molecule has 1 aromatic heterocycles. The Bertz CT molecular complexity index is 864. The van der Waals surface area contributed by atoms with Crippen LogP contribution in [0.15, 0.2) is 45.9 Å². The summed E-state index contributed by atoms with van der Waals surface area (Å²) in [6, 6.07) is 8.43. The van der Waals surface area contributed by atoms with E-state index in [1.54, 1.807) is 30.5 Å². The summed E-state index contributed by atoms with van der Waals surface area (Å²) in [4.78, 5) is 27.2. The molecule has 0 atom stereocenters. The average Bonchev–Trinajstić information content (AvgIpc) is 3.19. The van der Waals surface area contributed by atoms with E-state index in [0.717, 1.165) is 0 Å². The number of thioether (sulfide) groups is 1. The lowest BCUT2D eigenvalue weighted by molar-refractivity contribution is -0.137. The van der Waals surface area contributed by atoms with Crippen molar-refractivity contribution in [2.24, 2.45) is 0 Å². The summed E-state index contributed by atoms with van der Waals surface area (Å²) in [5.41, 5.74) is 0.764. The van der Waals surface area contributed by atoms with E-state index in [9.17, 15) is 9.59 Å². The van der Waals surface area contributed by atoms with E-state index in [1.165, 1.54) is 23.8 Å². The molecule has 8 heteroatoms. The van der Waals surface area contributed by atoms with E-state index in [2.05, 4.69) is 0 Å². The number of furan rings is 1. The molecule has 1 aliphatic rings. The minimum Gasteiger partial charge on any atom is -0.468 e. The molecule has 0 fully saturated rings. The third-order valence-electron chi connectivity index (χ3n) is 3.78. The van der Waals surface area contributed by atoms with Crippen molar-refractivity contribution in [1.29, 1.82) is 0 Å². The predicted molar refractivity (Wildman–Crippen MR) is 102 cm³/mol. The van der Waals surface area contributed by atoms with Crippen LogP contribution in [0.4, 0.5) is 0 Å². The quantitative estimate of drug-likeness (QED) is 0.637. The number of hydrogen-bond acceptors (Lipinski definition) is 5. The number of carbonyl (C=O) groups is 2. The van der Waals surface area contributed by atoms with E-state index >= 15 is 0 Å². The number of amides is 2. The molecule has 26 heavy (non-hydrogen) atoms. The largest absolute Gasteiger partial charge is 0.468 e. The van der Waals surface area contributed by atoms with Crippen LogP contribution in [0.2, 0.25) is 10.0 Å². The van der Waals surface area contributed by atoms with Crippen LogP contribution in [0, 0.1) is 0 Å². The van der Waals surface area contributed by atoms with Crippen molar-refractivity contribution < 1.29 is 18.7 Å². The summed E-state index contributed by atoms with van der Waals surface area (Å²) < 4.78 is 10.3. The molecule has 0 aliphatic carbocycles. The minimum absolute atomic E-state index is 0.174. The predicted octanol–water partition coefficient (Wildman–Crippen LogP) is 4.25. The number of carbonyl (C=O) groups excluding carboxylic acids is 2. The maximum atomic E-state index is 12.9. The number of methoxy groups -OCH3 is 1. The minimum atomic E-state index is -0.391. The Hall–Kier alpha value is -1.73. The molecule has 2 aromatic rings. The Morgan fingerprint density at radius 1 is 1.19 bits per heavy atom. The Morgan fingerprint density at radius 3 is 2.65 bits per heavy atom. The highest BCUT2D eigenvalue weighted by atomic mass is 35.5. The van der Waals surface area contributed by atoms with E-state index < -0.39 is 5.91 Å². The van der Waals surface area contributed by atoms with Gasteiger partial charge in [0.25, 0.3) is 11.8 Å². The maximum absolute atomic E-state index is 12.9. The van der Waals surface area contributed by atoms with Gasteiger partial charge in [-0.2, -0.15) is 0 Å². The molecule has 0 saturated carbocycles. The van der Waals surface area contributed by atoms with E-state index in [1.807, 2.05) is 6.07 Å². The molecule has 0 N–H and O–H groups in total. The Labute approximate surface area is 164 Å². The van der Waals surface area contributed by atoms with Gasteiger partial charge in [-0.05, 0) is 24.3 Å². The summed E-state index contributed by atoms with van der Waals surface area (Å²) in [6.07, 6.45) is 1.56. The SMILES string of the molecule is COCCN1C(=O)C(SCc2ccco2)=C(c2ccc(Cl)cc2Cl)C1=O. The molecule has 2 heterocycles. The van der Waals surface area contributed by atoms with Crippen molar-refractivity contribution in [1.82, 2.24) is 4.90 Å². The van der Waals surface area contributed by atoms with Crippen LogP contribution >= 0.6 is 35.0 Å². The van der Waals surface area contributed by atoms with Gasteiger partial charge in [0.1, 0.15) is 5.76 Å². The smallest absolute Gasteiger partial charge is 0.268 e. The molecular weight excluding hydrogens is 397 g/mol. The summed E-state index contributed by atoms with van der Waals surface area (Å²) in [6.45, 7) is 0.433. The fourth-order valence-electron chi connectivity index (χ4n) is 2.54. The van der Waals surface area contributed by atoms with Crippen LogP contribution in [0.1, 0.15) is 11.3 Å².